The van der Waals surface area contributed by atoms with E-state index in [4.69, 9.17) is 0 Å². The molecular weight excluding hydrogens is 174 g/mol. The van der Waals surface area contributed by atoms with Crippen LogP contribution in [-0.4, -0.2) is 46.0 Å². The molecule has 0 amide bonds. The van der Waals surface area contributed by atoms with Crippen molar-refractivity contribution in [2.75, 3.05) is 25.1 Å². The summed E-state index contributed by atoms with van der Waals surface area (Å²) in [6, 6.07) is 0.280. The third kappa shape index (κ3) is 2.68. The van der Waals surface area contributed by atoms with Crippen molar-refractivity contribution in [1.82, 2.24) is 4.90 Å². The zero-order valence-corrected chi connectivity index (χ0v) is 8.39. The Balaban J connectivity index is 2.37. The molecule has 1 aliphatic rings. The van der Waals surface area contributed by atoms with Crippen LogP contribution >= 0.6 is 0 Å². The largest absolute Gasteiger partial charge is 0.298 e. The molecule has 1 saturated heterocycles. The van der Waals surface area contributed by atoms with Crippen LogP contribution in [0.3, 0.4) is 0 Å². The van der Waals surface area contributed by atoms with Gasteiger partial charge >= 0.3 is 0 Å². The first-order valence-electron chi connectivity index (χ1n) is 4.15. The lowest BCUT2D eigenvalue weighted by Gasteiger charge is -2.21. The van der Waals surface area contributed by atoms with Crippen molar-refractivity contribution in [2.24, 2.45) is 0 Å². The fourth-order valence-corrected chi connectivity index (χ4v) is 2.36. The van der Waals surface area contributed by atoms with Gasteiger partial charge in [-0.25, -0.2) is 0 Å². The Morgan fingerprint density at radius 1 is 1.67 bits per heavy atom. The van der Waals surface area contributed by atoms with Crippen molar-refractivity contribution in [1.29, 1.82) is 0 Å². The second kappa shape index (κ2) is 4.14. The van der Waals surface area contributed by atoms with E-state index in [1.807, 2.05) is 6.92 Å². The van der Waals surface area contributed by atoms with Gasteiger partial charge in [-0.15, -0.1) is 0 Å². The minimum atomic E-state index is -0.756. The highest BCUT2D eigenvalue weighted by Crippen LogP contribution is 2.09. The number of hydrogen-bond acceptors (Lipinski definition) is 3. The van der Waals surface area contributed by atoms with Crippen LogP contribution in [0, 0.1) is 0 Å². The third-order valence-electron chi connectivity index (χ3n) is 2.16. The van der Waals surface area contributed by atoms with Gasteiger partial charge in [-0.1, -0.05) is 0 Å². The molecule has 0 bridgehead atoms. The van der Waals surface area contributed by atoms with E-state index in [0.29, 0.717) is 24.5 Å². The van der Waals surface area contributed by atoms with Crippen molar-refractivity contribution < 1.29 is 9.00 Å². The van der Waals surface area contributed by atoms with E-state index in [1.165, 1.54) is 0 Å². The smallest absolute Gasteiger partial charge is 0.148 e. The first kappa shape index (κ1) is 9.86. The maximum absolute atomic E-state index is 10.9. The predicted octanol–water partition coefficient (Wildman–Crippen LogP) is 0.0282. The van der Waals surface area contributed by atoms with Crippen molar-refractivity contribution in [3.8, 4) is 0 Å². The average molecular weight is 189 g/mol. The van der Waals surface area contributed by atoms with Crippen LogP contribution in [0.1, 0.15) is 13.3 Å². The van der Waals surface area contributed by atoms with E-state index in [2.05, 4.69) is 4.90 Å². The number of Topliss-reactive ketones (excluding diaryl/α,β-unsaturated/α-hetero) is 1. The van der Waals surface area contributed by atoms with Crippen molar-refractivity contribution >= 4 is 16.6 Å². The summed E-state index contributed by atoms with van der Waals surface area (Å²) in [6.45, 7) is 3.43. The molecule has 0 aromatic rings. The normalized spacial score (nSPS) is 24.3. The lowest BCUT2D eigenvalue weighted by molar-refractivity contribution is -0.117. The minimum absolute atomic E-state index is 0.280. The SMILES string of the molecule is CC(CS(C)=O)N1CCC(=O)C1. The third-order valence-corrected chi connectivity index (χ3v) is 3.11. The first-order chi connectivity index (χ1) is 5.59. The molecule has 12 heavy (non-hydrogen) atoms. The molecule has 2 unspecified atom stereocenters. The molecule has 0 saturated carbocycles. The topological polar surface area (TPSA) is 37.4 Å². The van der Waals surface area contributed by atoms with Gasteiger partial charge in [0.25, 0.3) is 0 Å². The molecule has 2 atom stereocenters. The first-order valence-corrected chi connectivity index (χ1v) is 5.88. The molecule has 0 N–H and O–H groups in total. The number of carbonyl (C=O) groups excluding carboxylic acids is 1. The highest BCUT2D eigenvalue weighted by atomic mass is 32.2. The molecule has 3 nitrogen and oxygen atoms in total. The minimum Gasteiger partial charge on any atom is -0.298 e. The van der Waals surface area contributed by atoms with Gasteiger partial charge in [-0.05, 0) is 6.92 Å². The number of hydrogen-bond donors (Lipinski definition) is 0. The van der Waals surface area contributed by atoms with Gasteiger partial charge in [0.1, 0.15) is 5.78 Å². The Hall–Kier alpha value is -0.220. The summed E-state index contributed by atoms with van der Waals surface area (Å²) in [5.41, 5.74) is 0. The van der Waals surface area contributed by atoms with Gasteiger partial charge in [-0.3, -0.25) is 13.9 Å². The van der Waals surface area contributed by atoms with Crippen LogP contribution < -0.4 is 0 Å². The van der Waals surface area contributed by atoms with E-state index in [1.54, 1.807) is 6.26 Å². The van der Waals surface area contributed by atoms with Crippen LogP contribution in [0.4, 0.5) is 0 Å². The van der Waals surface area contributed by atoms with E-state index < -0.39 is 10.8 Å². The lowest BCUT2D eigenvalue weighted by atomic mass is 10.3. The number of nitrogens with zero attached hydrogens (tertiary/aromatic N) is 1. The molecule has 0 aliphatic carbocycles. The molecule has 0 aromatic heterocycles. The molecule has 0 spiro atoms. The van der Waals surface area contributed by atoms with E-state index in [0.717, 1.165) is 6.54 Å². The van der Waals surface area contributed by atoms with Gasteiger partial charge in [0, 0.05) is 41.8 Å². The Labute approximate surface area is 75.6 Å². The number of rotatable bonds is 3. The Kier molecular flexibility index (Phi) is 3.40. The second-order valence-corrected chi connectivity index (χ2v) is 4.83. The van der Waals surface area contributed by atoms with Crippen LogP contribution in [0.25, 0.3) is 0 Å². The molecule has 70 valence electrons. The molecule has 0 radical (unpaired) electrons. The maximum atomic E-state index is 10.9. The highest BCUT2D eigenvalue weighted by molar-refractivity contribution is 7.84. The molecule has 4 heteroatoms. The van der Waals surface area contributed by atoms with Crippen LogP contribution in [0.2, 0.25) is 0 Å². The summed E-state index contributed by atoms with van der Waals surface area (Å²) in [5, 5.41) is 0. The quantitative estimate of drug-likeness (QED) is 0.628. The summed E-state index contributed by atoms with van der Waals surface area (Å²) in [5.74, 6) is 0.983. The fourth-order valence-electron chi connectivity index (χ4n) is 1.47. The Morgan fingerprint density at radius 3 is 2.75 bits per heavy atom. The van der Waals surface area contributed by atoms with Gasteiger partial charge in [0.15, 0.2) is 0 Å². The molecular formula is C8H15NO2S. The second-order valence-electron chi connectivity index (χ2n) is 3.35. The van der Waals surface area contributed by atoms with Crippen molar-refractivity contribution in [3.05, 3.63) is 0 Å². The van der Waals surface area contributed by atoms with Gasteiger partial charge < -0.3 is 0 Å². The van der Waals surface area contributed by atoms with Gasteiger partial charge in [0.05, 0.1) is 6.54 Å². The zero-order chi connectivity index (χ0) is 9.14. The van der Waals surface area contributed by atoms with Crippen molar-refractivity contribution in [3.63, 3.8) is 0 Å². The summed E-state index contributed by atoms with van der Waals surface area (Å²) in [4.78, 5) is 13.0. The standard InChI is InChI=1S/C8H15NO2S/c1-7(6-12(2)11)9-4-3-8(10)5-9/h7H,3-6H2,1-2H3. The maximum Gasteiger partial charge on any atom is 0.148 e. The van der Waals surface area contributed by atoms with E-state index >= 15 is 0 Å². The van der Waals surface area contributed by atoms with Crippen LogP contribution in [0.15, 0.2) is 0 Å². The summed E-state index contributed by atoms with van der Waals surface area (Å²) < 4.78 is 10.9. The molecule has 0 aromatic carbocycles. The van der Waals surface area contributed by atoms with Crippen molar-refractivity contribution in [2.45, 2.75) is 19.4 Å². The molecule has 1 rings (SSSR count). The predicted molar refractivity (Wildman–Crippen MR) is 49.6 cm³/mol. The number of likely N-dealkylation sites (tertiary alicyclic amines) is 1. The van der Waals surface area contributed by atoms with E-state index in [9.17, 15) is 9.00 Å². The molecule has 1 heterocycles. The van der Waals surface area contributed by atoms with Gasteiger partial charge in [0.2, 0.25) is 0 Å². The Morgan fingerprint density at radius 2 is 2.33 bits per heavy atom. The highest BCUT2D eigenvalue weighted by Gasteiger charge is 2.23. The summed E-state index contributed by atoms with van der Waals surface area (Å²) in [6.07, 6.45) is 2.37. The van der Waals surface area contributed by atoms with Crippen LogP contribution in [-0.2, 0) is 15.6 Å². The van der Waals surface area contributed by atoms with Crippen LogP contribution in [0.5, 0.6) is 0 Å². The molecule has 1 fully saturated rings. The van der Waals surface area contributed by atoms with Gasteiger partial charge in [-0.2, -0.15) is 0 Å². The zero-order valence-electron chi connectivity index (χ0n) is 7.58. The monoisotopic (exact) mass is 189 g/mol. The lowest BCUT2D eigenvalue weighted by Crippen LogP contribution is -2.34. The molecule has 1 aliphatic heterocycles. The van der Waals surface area contributed by atoms with E-state index in [-0.39, 0.29) is 6.04 Å². The Bertz CT molecular complexity index is 205. The number of ketones is 1. The fraction of sp³-hybridized carbons (Fsp3) is 0.875. The number of carbonyl (C=O) groups is 1. The summed E-state index contributed by atoms with van der Waals surface area (Å²) >= 11 is 0. The average Bonchev–Trinajstić information content (AvgIpc) is 2.34. The summed E-state index contributed by atoms with van der Waals surface area (Å²) in [7, 11) is -0.756.